The molecular weight excluding hydrogens is 332 g/mol. The quantitative estimate of drug-likeness (QED) is 0.536. The second kappa shape index (κ2) is 6.33. The van der Waals surface area contributed by atoms with E-state index < -0.39 is 0 Å². The van der Waals surface area contributed by atoms with Gasteiger partial charge in [0.15, 0.2) is 5.82 Å². The monoisotopic (exact) mass is 354 g/mol. The van der Waals surface area contributed by atoms with Gasteiger partial charge in [-0.2, -0.15) is 0 Å². The van der Waals surface area contributed by atoms with E-state index in [0.717, 1.165) is 54.6 Å². The van der Waals surface area contributed by atoms with Gasteiger partial charge in [0, 0.05) is 29.8 Å². The number of fused-ring (bicyclic) bond motifs is 1. The third kappa shape index (κ3) is 2.73. The van der Waals surface area contributed by atoms with Gasteiger partial charge in [0.1, 0.15) is 5.69 Å². The molecule has 0 radical (unpaired) electrons. The predicted molar refractivity (Wildman–Crippen MR) is 95.2 cm³/mol. The Morgan fingerprint density at radius 1 is 1.23 bits per heavy atom. The molecule has 0 amide bonds. The normalized spacial score (nSPS) is 24.8. The van der Waals surface area contributed by atoms with E-state index in [-0.39, 0.29) is 12.0 Å². The SMILES string of the molecule is Nc1nonc1C1CC1C(NC1CCNCC1)c1cncc2[nH]cnc12. The average molecular weight is 354 g/mol. The minimum atomic E-state index is 0.152. The van der Waals surface area contributed by atoms with Gasteiger partial charge in [-0.25, -0.2) is 9.61 Å². The summed E-state index contributed by atoms with van der Waals surface area (Å²) >= 11 is 0. The van der Waals surface area contributed by atoms with E-state index in [9.17, 15) is 0 Å². The fourth-order valence-corrected chi connectivity index (χ4v) is 4.16. The summed E-state index contributed by atoms with van der Waals surface area (Å²) in [7, 11) is 0. The molecule has 1 aliphatic carbocycles. The Morgan fingerprint density at radius 3 is 2.92 bits per heavy atom. The molecule has 9 nitrogen and oxygen atoms in total. The fourth-order valence-electron chi connectivity index (χ4n) is 4.16. The molecule has 9 heteroatoms. The predicted octanol–water partition coefficient (Wildman–Crippen LogP) is 1.11. The number of aromatic amines is 1. The van der Waals surface area contributed by atoms with E-state index in [4.69, 9.17) is 10.4 Å². The van der Waals surface area contributed by atoms with Crippen LogP contribution in [0.2, 0.25) is 0 Å². The highest BCUT2D eigenvalue weighted by Crippen LogP contribution is 2.55. The lowest BCUT2D eigenvalue weighted by atomic mass is 9.97. The first-order valence-electron chi connectivity index (χ1n) is 9.13. The zero-order chi connectivity index (χ0) is 17.5. The van der Waals surface area contributed by atoms with Gasteiger partial charge in [0.2, 0.25) is 0 Å². The second-order valence-corrected chi connectivity index (χ2v) is 7.24. The molecule has 26 heavy (non-hydrogen) atoms. The van der Waals surface area contributed by atoms with Crippen LogP contribution in [0.25, 0.3) is 11.0 Å². The van der Waals surface area contributed by atoms with Crippen LogP contribution in [0, 0.1) is 5.92 Å². The smallest absolute Gasteiger partial charge is 0.191 e. The molecule has 1 saturated carbocycles. The number of nitrogens with one attached hydrogen (secondary N) is 3. The number of rotatable bonds is 5. The van der Waals surface area contributed by atoms with Crippen LogP contribution in [0.3, 0.4) is 0 Å². The highest BCUT2D eigenvalue weighted by molar-refractivity contribution is 5.77. The summed E-state index contributed by atoms with van der Waals surface area (Å²) in [6.07, 6.45) is 8.71. The van der Waals surface area contributed by atoms with Gasteiger partial charge < -0.3 is 21.4 Å². The zero-order valence-corrected chi connectivity index (χ0v) is 14.4. The number of aromatic nitrogens is 5. The Kier molecular flexibility index (Phi) is 3.83. The van der Waals surface area contributed by atoms with E-state index in [1.165, 1.54) is 0 Å². The van der Waals surface area contributed by atoms with Crippen molar-refractivity contribution in [2.75, 3.05) is 18.8 Å². The summed E-state index contributed by atoms with van der Waals surface area (Å²) in [6.45, 7) is 2.09. The van der Waals surface area contributed by atoms with Crippen LogP contribution < -0.4 is 16.4 Å². The first kappa shape index (κ1) is 15.7. The number of nitrogens with two attached hydrogens (primary N) is 1. The summed E-state index contributed by atoms with van der Waals surface area (Å²) in [4.78, 5) is 12.1. The summed E-state index contributed by atoms with van der Waals surface area (Å²) in [6, 6.07) is 0.628. The van der Waals surface area contributed by atoms with Crippen molar-refractivity contribution in [1.29, 1.82) is 0 Å². The highest BCUT2D eigenvalue weighted by atomic mass is 16.6. The Labute approximate surface area is 150 Å². The number of imidazole rings is 1. The largest absolute Gasteiger partial charge is 0.379 e. The molecule has 1 aliphatic heterocycles. The number of hydrogen-bond acceptors (Lipinski definition) is 8. The number of nitrogen functional groups attached to an aromatic ring is 1. The minimum absolute atomic E-state index is 0.152. The van der Waals surface area contributed by atoms with E-state index in [0.29, 0.717) is 17.8 Å². The molecule has 3 aromatic heterocycles. The number of H-pyrrole nitrogens is 1. The number of hydrogen-bond donors (Lipinski definition) is 4. The van der Waals surface area contributed by atoms with E-state index >= 15 is 0 Å². The maximum atomic E-state index is 5.92. The summed E-state index contributed by atoms with van der Waals surface area (Å²) in [5.41, 5.74) is 9.75. The molecule has 1 saturated heterocycles. The van der Waals surface area contributed by atoms with Crippen molar-refractivity contribution in [2.24, 2.45) is 5.92 Å². The summed E-state index contributed by atoms with van der Waals surface area (Å²) in [5, 5.41) is 15.0. The van der Waals surface area contributed by atoms with Gasteiger partial charge >= 0.3 is 0 Å². The molecule has 5 N–H and O–H groups in total. The van der Waals surface area contributed by atoms with Crippen LogP contribution in [0.1, 0.15) is 42.5 Å². The van der Waals surface area contributed by atoms with Gasteiger partial charge in [0.05, 0.1) is 23.6 Å². The minimum Gasteiger partial charge on any atom is -0.379 e. The fraction of sp³-hybridized carbons (Fsp3) is 0.529. The molecule has 3 atom stereocenters. The first-order chi connectivity index (χ1) is 12.8. The van der Waals surface area contributed by atoms with Gasteiger partial charge in [-0.15, -0.1) is 0 Å². The lowest BCUT2D eigenvalue weighted by Gasteiger charge is -2.29. The molecule has 3 unspecified atom stereocenters. The van der Waals surface area contributed by atoms with Crippen LogP contribution in [0.15, 0.2) is 23.4 Å². The van der Waals surface area contributed by atoms with Crippen LogP contribution in [0.5, 0.6) is 0 Å². The number of pyridine rings is 1. The maximum absolute atomic E-state index is 5.92. The zero-order valence-electron chi connectivity index (χ0n) is 14.4. The van der Waals surface area contributed by atoms with Gasteiger partial charge in [0.25, 0.3) is 0 Å². The number of nitrogens with zero attached hydrogens (tertiary/aromatic N) is 4. The topological polar surface area (TPSA) is 131 Å². The van der Waals surface area contributed by atoms with Crippen LogP contribution in [0.4, 0.5) is 5.82 Å². The van der Waals surface area contributed by atoms with Crippen molar-refractivity contribution in [1.82, 2.24) is 35.9 Å². The highest BCUT2D eigenvalue weighted by Gasteiger charge is 2.48. The third-order valence-corrected chi connectivity index (χ3v) is 5.61. The molecule has 3 aromatic rings. The van der Waals surface area contributed by atoms with E-state index in [1.54, 1.807) is 6.33 Å². The lowest BCUT2D eigenvalue weighted by Crippen LogP contribution is -2.42. The summed E-state index contributed by atoms with van der Waals surface area (Å²) in [5.74, 6) is 1.03. The van der Waals surface area contributed by atoms with Crippen molar-refractivity contribution in [3.8, 4) is 0 Å². The molecule has 2 aliphatic rings. The molecule has 0 spiro atoms. The van der Waals surface area contributed by atoms with Crippen LogP contribution in [-0.2, 0) is 0 Å². The Hall–Kier alpha value is -2.52. The third-order valence-electron chi connectivity index (χ3n) is 5.61. The van der Waals surface area contributed by atoms with E-state index in [1.807, 2.05) is 12.4 Å². The van der Waals surface area contributed by atoms with Crippen LogP contribution >= 0.6 is 0 Å². The standard InChI is InChI=1S/C17H22N8O/c18-17-16(24-26-25-17)11-5-10(11)14(23-9-1-3-19-4-2-9)12-6-20-7-13-15(12)22-8-21-13/h6-11,14,19,23H,1-5H2,(H2,18,25)(H,21,22). The lowest BCUT2D eigenvalue weighted by molar-refractivity contribution is 0.302. The van der Waals surface area contributed by atoms with E-state index in [2.05, 4.69) is 35.9 Å². The Morgan fingerprint density at radius 2 is 2.12 bits per heavy atom. The molecule has 4 heterocycles. The van der Waals surface area contributed by atoms with Gasteiger partial charge in [-0.05, 0) is 43.4 Å². The molecule has 0 bridgehead atoms. The maximum Gasteiger partial charge on any atom is 0.191 e. The van der Waals surface area contributed by atoms with Crippen molar-refractivity contribution in [3.05, 3.63) is 30.0 Å². The Bertz CT molecular complexity index is 899. The number of piperidine rings is 1. The van der Waals surface area contributed by atoms with Gasteiger partial charge in [-0.3, -0.25) is 4.98 Å². The summed E-state index contributed by atoms with van der Waals surface area (Å²) < 4.78 is 4.80. The second-order valence-electron chi connectivity index (χ2n) is 7.24. The van der Waals surface area contributed by atoms with Crippen molar-refractivity contribution < 1.29 is 4.63 Å². The Balaban J connectivity index is 1.47. The van der Waals surface area contributed by atoms with Crippen LogP contribution in [-0.4, -0.2) is 44.4 Å². The van der Waals surface area contributed by atoms with Gasteiger partial charge in [-0.1, -0.05) is 5.16 Å². The molecule has 136 valence electrons. The average Bonchev–Trinajstić information content (AvgIpc) is 3.08. The molecule has 5 rings (SSSR count). The number of anilines is 1. The first-order valence-corrected chi connectivity index (χ1v) is 9.13. The molecule has 0 aromatic carbocycles. The van der Waals surface area contributed by atoms with Crippen molar-refractivity contribution in [2.45, 2.75) is 37.3 Å². The van der Waals surface area contributed by atoms with Crippen molar-refractivity contribution >= 4 is 16.9 Å². The molecule has 2 fully saturated rings. The molecular formula is C17H22N8O. The van der Waals surface area contributed by atoms with Crippen molar-refractivity contribution in [3.63, 3.8) is 0 Å².